The van der Waals surface area contributed by atoms with Gasteiger partial charge in [-0.1, -0.05) is 30.3 Å². The third-order valence-corrected chi connectivity index (χ3v) is 3.72. The Kier molecular flexibility index (Phi) is 4.85. The van der Waals surface area contributed by atoms with Crippen LogP contribution in [-0.4, -0.2) is 47.9 Å². The molecule has 102 valence electrons. The summed E-state index contributed by atoms with van der Waals surface area (Å²) >= 11 is 1.68. The minimum atomic E-state index is -0.425. The van der Waals surface area contributed by atoms with Crippen LogP contribution in [0.1, 0.15) is 5.56 Å². The molecule has 1 unspecified atom stereocenters. The summed E-state index contributed by atoms with van der Waals surface area (Å²) in [6.45, 7) is 0.823. The van der Waals surface area contributed by atoms with Crippen LogP contribution < -0.4 is 5.32 Å². The maximum Gasteiger partial charge on any atom is 0.245 e. The van der Waals surface area contributed by atoms with Crippen LogP contribution in [0.4, 0.5) is 0 Å². The highest BCUT2D eigenvalue weighted by molar-refractivity contribution is 7.98. The number of carbonyl (C=O) groups excluding carboxylic acids is 2. The molecule has 1 atom stereocenters. The zero-order chi connectivity index (χ0) is 13.7. The molecule has 0 aliphatic carbocycles. The average Bonchev–Trinajstić information content (AvgIpc) is 2.42. The molecule has 5 heteroatoms. The van der Waals surface area contributed by atoms with Gasteiger partial charge in [-0.05, 0) is 11.8 Å². The largest absolute Gasteiger partial charge is 0.342 e. The average molecular weight is 278 g/mol. The Balaban J connectivity index is 2.03. The van der Waals surface area contributed by atoms with Crippen molar-refractivity contribution in [1.29, 1.82) is 0 Å². The van der Waals surface area contributed by atoms with E-state index in [0.29, 0.717) is 13.0 Å². The third-order valence-electron chi connectivity index (χ3n) is 3.13. The fourth-order valence-electron chi connectivity index (χ4n) is 2.15. The second-order valence-electron chi connectivity index (χ2n) is 4.56. The highest BCUT2D eigenvalue weighted by Crippen LogP contribution is 2.10. The summed E-state index contributed by atoms with van der Waals surface area (Å²) in [6, 6.07) is 9.34. The van der Waals surface area contributed by atoms with E-state index in [1.54, 1.807) is 16.7 Å². The van der Waals surface area contributed by atoms with Gasteiger partial charge >= 0.3 is 0 Å². The summed E-state index contributed by atoms with van der Waals surface area (Å²) < 4.78 is 0. The fraction of sp³-hybridized carbons (Fsp3) is 0.429. The van der Waals surface area contributed by atoms with Gasteiger partial charge in [-0.15, -0.1) is 0 Å². The van der Waals surface area contributed by atoms with Crippen molar-refractivity contribution in [2.24, 2.45) is 0 Å². The first kappa shape index (κ1) is 13.9. The van der Waals surface area contributed by atoms with Crippen molar-refractivity contribution in [1.82, 2.24) is 10.2 Å². The van der Waals surface area contributed by atoms with Gasteiger partial charge in [-0.3, -0.25) is 9.59 Å². The van der Waals surface area contributed by atoms with E-state index in [-0.39, 0.29) is 18.4 Å². The van der Waals surface area contributed by atoms with E-state index in [1.165, 1.54) is 0 Å². The van der Waals surface area contributed by atoms with Crippen LogP contribution in [0.25, 0.3) is 0 Å². The van der Waals surface area contributed by atoms with E-state index in [9.17, 15) is 9.59 Å². The lowest BCUT2D eigenvalue weighted by Crippen LogP contribution is -2.59. The maximum absolute atomic E-state index is 12.3. The number of rotatable bonds is 5. The maximum atomic E-state index is 12.3. The van der Waals surface area contributed by atoms with Crippen LogP contribution in [0.15, 0.2) is 30.3 Å². The van der Waals surface area contributed by atoms with Crippen LogP contribution in [0.5, 0.6) is 0 Å². The van der Waals surface area contributed by atoms with Gasteiger partial charge in [0.05, 0.1) is 6.54 Å². The van der Waals surface area contributed by atoms with E-state index in [0.717, 1.165) is 11.3 Å². The molecule has 0 radical (unpaired) electrons. The molecule has 2 amide bonds. The number of nitrogens with one attached hydrogen (secondary N) is 1. The lowest BCUT2D eigenvalue weighted by Gasteiger charge is -2.32. The molecule has 0 aromatic heterocycles. The molecule has 1 saturated heterocycles. The molecule has 1 heterocycles. The van der Waals surface area contributed by atoms with E-state index in [1.807, 2.05) is 36.6 Å². The molecule has 19 heavy (non-hydrogen) atoms. The number of piperazine rings is 1. The van der Waals surface area contributed by atoms with Crippen molar-refractivity contribution in [3.8, 4) is 0 Å². The SMILES string of the molecule is CSCCN1CC(=O)NC(Cc2ccccc2)C1=O. The lowest BCUT2D eigenvalue weighted by molar-refractivity contribution is -0.143. The zero-order valence-corrected chi connectivity index (χ0v) is 11.8. The van der Waals surface area contributed by atoms with Crippen molar-refractivity contribution in [3.05, 3.63) is 35.9 Å². The van der Waals surface area contributed by atoms with Gasteiger partial charge in [0.1, 0.15) is 6.04 Å². The topological polar surface area (TPSA) is 49.4 Å². The van der Waals surface area contributed by atoms with E-state index < -0.39 is 6.04 Å². The number of carbonyl (C=O) groups is 2. The van der Waals surface area contributed by atoms with Gasteiger partial charge in [0, 0.05) is 18.7 Å². The van der Waals surface area contributed by atoms with Gasteiger partial charge in [0.25, 0.3) is 0 Å². The minimum absolute atomic E-state index is 0.0255. The highest BCUT2D eigenvalue weighted by Gasteiger charge is 2.32. The monoisotopic (exact) mass is 278 g/mol. The quantitative estimate of drug-likeness (QED) is 0.871. The van der Waals surface area contributed by atoms with Crippen molar-refractivity contribution in [3.63, 3.8) is 0 Å². The summed E-state index contributed by atoms with van der Waals surface area (Å²) in [6.07, 6.45) is 2.55. The molecule has 0 spiro atoms. The van der Waals surface area contributed by atoms with Gasteiger partial charge in [0.2, 0.25) is 11.8 Å². The molecule has 1 aromatic rings. The van der Waals surface area contributed by atoms with E-state index in [2.05, 4.69) is 5.32 Å². The molecule has 1 aliphatic heterocycles. The molecule has 0 saturated carbocycles. The van der Waals surface area contributed by atoms with Crippen molar-refractivity contribution in [2.45, 2.75) is 12.5 Å². The normalized spacial score (nSPS) is 19.4. The van der Waals surface area contributed by atoms with Crippen LogP contribution in [0.2, 0.25) is 0 Å². The van der Waals surface area contributed by atoms with Crippen molar-refractivity contribution < 1.29 is 9.59 Å². The first-order valence-electron chi connectivity index (χ1n) is 6.31. The number of thioether (sulfide) groups is 1. The summed E-state index contributed by atoms with van der Waals surface area (Å²) in [5, 5.41) is 2.78. The molecule has 1 N–H and O–H groups in total. The Morgan fingerprint density at radius 2 is 2.05 bits per heavy atom. The third kappa shape index (κ3) is 3.73. The van der Waals surface area contributed by atoms with Crippen LogP contribution >= 0.6 is 11.8 Å². The Hall–Kier alpha value is -1.49. The van der Waals surface area contributed by atoms with Crippen LogP contribution in [-0.2, 0) is 16.0 Å². The molecular weight excluding hydrogens is 260 g/mol. The second kappa shape index (κ2) is 6.61. The lowest BCUT2D eigenvalue weighted by atomic mass is 10.0. The van der Waals surface area contributed by atoms with Crippen LogP contribution in [0.3, 0.4) is 0 Å². The molecule has 4 nitrogen and oxygen atoms in total. The van der Waals surface area contributed by atoms with Gasteiger partial charge in [-0.25, -0.2) is 0 Å². The summed E-state index contributed by atoms with van der Waals surface area (Å²) in [4.78, 5) is 25.6. The highest BCUT2D eigenvalue weighted by atomic mass is 32.2. The fourth-order valence-corrected chi connectivity index (χ4v) is 2.56. The number of hydrogen-bond acceptors (Lipinski definition) is 3. The number of nitrogens with zero attached hydrogens (tertiary/aromatic N) is 1. The van der Waals surface area contributed by atoms with Crippen molar-refractivity contribution in [2.75, 3.05) is 25.1 Å². The molecular formula is C14H18N2O2S. The smallest absolute Gasteiger partial charge is 0.245 e. The van der Waals surface area contributed by atoms with Crippen molar-refractivity contribution >= 4 is 23.6 Å². The predicted octanol–water partition coefficient (Wildman–Crippen LogP) is 0.919. The standard InChI is InChI=1S/C14H18N2O2S/c1-19-8-7-16-10-13(17)15-12(14(16)18)9-11-5-3-2-4-6-11/h2-6,12H,7-10H2,1H3,(H,15,17). The second-order valence-corrected chi connectivity index (χ2v) is 5.55. The Bertz CT molecular complexity index is 450. The number of benzene rings is 1. The molecule has 1 aliphatic rings. The molecule has 2 rings (SSSR count). The number of amides is 2. The first-order chi connectivity index (χ1) is 9.20. The Morgan fingerprint density at radius 3 is 2.74 bits per heavy atom. The van der Waals surface area contributed by atoms with Gasteiger partial charge in [-0.2, -0.15) is 11.8 Å². The molecule has 1 aromatic carbocycles. The van der Waals surface area contributed by atoms with Crippen LogP contribution in [0, 0.1) is 0 Å². The van der Waals surface area contributed by atoms with Gasteiger partial charge < -0.3 is 10.2 Å². The minimum Gasteiger partial charge on any atom is -0.342 e. The zero-order valence-electron chi connectivity index (χ0n) is 11.0. The molecule has 0 bridgehead atoms. The Morgan fingerprint density at radius 1 is 1.32 bits per heavy atom. The first-order valence-corrected chi connectivity index (χ1v) is 7.71. The van der Waals surface area contributed by atoms with E-state index >= 15 is 0 Å². The Labute approximate surface area is 117 Å². The summed E-state index contributed by atoms with van der Waals surface area (Å²) in [7, 11) is 0. The summed E-state index contributed by atoms with van der Waals surface area (Å²) in [5.41, 5.74) is 1.06. The van der Waals surface area contributed by atoms with E-state index in [4.69, 9.17) is 0 Å². The van der Waals surface area contributed by atoms with Gasteiger partial charge in [0.15, 0.2) is 0 Å². The summed E-state index contributed by atoms with van der Waals surface area (Å²) in [5.74, 6) is 0.816. The number of hydrogen-bond donors (Lipinski definition) is 1. The molecule has 1 fully saturated rings. The predicted molar refractivity (Wildman–Crippen MR) is 77.0 cm³/mol.